The number of halogens is 1. The van der Waals surface area contributed by atoms with Crippen molar-refractivity contribution in [2.75, 3.05) is 0 Å². The smallest absolute Gasteiger partial charge is 0.335 e. The molecule has 176 valence electrons. The molecule has 4 aromatic rings. The summed E-state index contributed by atoms with van der Waals surface area (Å²) in [6.45, 7) is 0. The van der Waals surface area contributed by atoms with Crippen LogP contribution in [0.5, 0.6) is 0 Å². The lowest BCUT2D eigenvalue weighted by molar-refractivity contribution is 0.0697. The predicted octanol–water partition coefficient (Wildman–Crippen LogP) is 5.92. The molecule has 0 aliphatic rings. The Kier molecular flexibility index (Phi) is 6.96. The van der Waals surface area contributed by atoms with Crippen LogP contribution in [0.3, 0.4) is 0 Å². The molecule has 2 unspecified atom stereocenters. The van der Waals surface area contributed by atoms with Gasteiger partial charge in [0.05, 0.1) is 5.56 Å². The van der Waals surface area contributed by atoms with E-state index in [1.54, 1.807) is 61.8 Å². The van der Waals surface area contributed by atoms with E-state index in [2.05, 4.69) is 5.18 Å². The van der Waals surface area contributed by atoms with E-state index in [0.717, 1.165) is 16.7 Å². The summed E-state index contributed by atoms with van der Waals surface area (Å²) in [5.74, 6) is -1.83. The van der Waals surface area contributed by atoms with Crippen molar-refractivity contribution in [2.24, 2.45) is 12.2 Å². The number of rotatable bonds is 8. The van der Waals surface area contributed by atoms with Gasteiger partial charge < -0.3 is 9.67 Å². The van der Waals surface area contributed by atoms with Gasteiger partial charge in [0.1, 0.15) is 11.9 Å². The maximum atomic E-state index is 14.8. The lowest BCUT2D eigenvalue weighted by Crippen LogP contribution is -2.16. The van der Waals surface area contributed by atoms with Crippen LogP contribution in [0.4, 0.5) is 4.39 Å². The van der Waals surface area contributed by atoms with Gasteiger partial charge in [0, 0.05) is 25.2 Å². The molecule has 0 saturated carbocycles. The number of nitrogens with zero attached hydrogens (tertiary/aromatic N) is 2. The molecule has 0 fully saturated rings. The van der Waals surface area contributed by atoms with Gasteiger partial charge in [0.25, 0.3) is 0 Å². The fourth-order valence-corrected chi connectivity index (χ4v) is 4.19. The molecule has 0 aliphatic carbocycles. The number of carbonyl (C=O) groups is 1. The van der Waals surface area contributed by atoms with Crippen molar-refractivity contribution in [3.8, 4) is 11.1 Å². The molecule has 1 heterocycles. The van der Waals surface area contributed by atoms with E-state index < -0.39 is 17.9 Å². The van der Waals surface area contributed by atoms with Crippen molar-refractivity contribution in [1.29, 1.82) is 0 Å². The summed E-state index contributed by atoms with van der Waals surface area (Å²) in [7, 11) is 1.60. The Hall–Kier alpha value is -4.39. The minimum Gasteiger partial charge on any atom is -0.478 e. The number of hydrogen-bond donors (Lipinski definition) is 1. The first kappa shape index (κ1) is 23.8. The summed E-state index contributed by atoms with van der Waals surface area (Å²) in [5.41, 5.74) is 3.57. The molecule has 7 heteroatoms. The highest BCUT2D eigenvalue weighted by atomic mass is 19.1. The second-order valence-corrected chi connectivity index (χ2v) is 8.35. The number of aromatic carboxylic acids is 1. The van der Waals surface area contributed by atoms with Crippen molar-refractivity contribution in [3.63, 3.8) is 0 Å². The first-order chi connectivity index (χ1) is 16.9. The number of hydrogen-bond acceptors (Lipinski definition) is 4. The van der Waals surface area contributed by atoms with E-state index in [-0.39, 0.29) is 23.4 Å². The topological polar surface area (TPSA) is 88.7 Å². The fourth-order valence-electron chi connectivity index (χ4n) is 4.19. The molecule has 0 spiro atoms. The third-order valence-electron chi connectivity index (χ3n) is 6.14. The largest absolute Gasteiger partial charge is 0.478 e. The molecule has 4 rings (SSSR count). The Labute approximate surface area is 201 Å². The first-order valence-electron chi connectivity index (χ1n) is 11.0. The number of benzene rings is 3. The van der Waals surface area contributed by atoms with Crippen molar-refractivity contribution in [3.05, 3.63) is 134 Å². The van der Waals surface area contributed by atoms with E-state index in [0.29, 0.717) is 11.1 Å². The highest BCUT2D eigenvalue weighted by Crippen LogP contribution is 2.37. The van der Waals surface area contributed by atoms with Crippen molar-refractivity contribution < 1.29 is 14.3 Å². The van der Waals surface area contributed by atoms with Gasteiger partial charge >= 0.3 is 5.97 Å². The lowest BCUT2D eigenvalue weighted by atomic mass is 9.84. The Balaban J connectivity index is 1.69. The second kappa shape index (κ2) is 10.3. The monoisotopic (exact) mass is 470 g/mol. The van der Waals surface area contributed by atoms with Gasteiger partial charge in [-0.2, -0.15) is 4.91 Å². The van der Waals surface area contributed by atoms with Gasteiger partial charge in [-0.05, 0) is 58.5 Å². The first-order valence-corrected chi connectivity index (χ1v) is 11.0. The molecular formula is C28H23FN2O4. The summed E-state index contributed by atoms with van der Waals surface area (Å²) in [6, 6.07) is 22.7. The lowest BCUT2D eigenvalue weighted by Gasteiger charge is -2.22. The van der Waals surface area contributed by atoms with Crippen molar-refractivity contribution in [2.45, 2.75) is 18.4 Å². The summed E-state index contributed by atoms with van der Waals surface area (Å²) >= 11 is 0. The van der Waals surface area contributed by atoms with Crippen LogP contribution in [-0.2, 0) is 7.05 Å². The second-order valence-electron chi connectivity index (χ2n) is 8.35. The number of carboxylic acids is 1. The zero-order valence-electron chi connectivity index (χ0n) is 19.0. The van der Waals surface area contributed by atoms with E-state index in [1.807, 2.05) is 24.3 Å². The van der Waals surface area contributed by atoms with Gasteiger partial charge in [-0.25, -0.2) is 9.18 Å². The van der Waals surface area contributed by atoms with Crippen LogP contribution >= 0.6 is 0 Å². The summed E-state index contributed by atoms with van der Waals surface area (Å²) < 4.78 is 16.2. The van der Waals surface area contributed by atoms with Crippen LogP contribution in [0, 0.1) is 10.7 Å². The zero-order valence-corrected chi connectivity index (χ0v) is 19.0. The number of carboxylic acid groups (broad SMARTS) is 1. The molecule has 1 N–H and O–H groups in total. The van der Waals surface area contributed by atoms with Gasteiger partial charge in [0.2, 0.25) is 5.56 Å². The van der Waals surface area contributed by atoms with Gasteiger partial charge in [0.15, 0.2) is 0 Å². The van der Waals surface area contributed by atoms with Crippen LogP contribution < -0.4 is 5.56 Å². The van der Waals surface area contributed by atoms with Crippen LogP contribution in [0.1, 0.15) is 45.4 Å². The average Bonchev–Trinajstić information content (AvgIpc) is 2.87. The van der Waals surface area contributed by atoms with Gasteiger partial charge in [-0.3, -0.25) is 4.79 Å². The Bertz CT molecular complexity index is 1410. The van der Waals surface area contributed by atoms with E-state index in [9.17, 15) is 18.9 Å². The molecule has 3 aromatic carbocycles. The van der Waals surface area contributed by atoms with Crippen LogP contribution in [0.15, 0.2) is 101 Å². The SMILES string of the molecule is Cn1cc(C(CC(c2ccc(-c3ccc(C(=O)O)cc3)cc2)c2ccccc2F)N=O)ccc1=O. The Morgan fingerprint density at radius 3 is 2.09 bits per heavy atom. The minimum atomic E-state index is -0.989. The fraction of sp³-hybridized carbons (Fsp3) is 0.143. The molecule has 6 nitrogen and oxygen atoms in total. The van der Waals surface area contributed by atoms with Gasteiger partial charge in [-0.1, -0.05) is 59.8 Å². The minimum absolute atomic E-state index is 0.198. The molecular weight excluding hydrogens is 447 g/mol. The standard InChI is InChI=1S/C28H23FN2O4/c1-31-17-22(14-15-27(31)32)26(30-35)16-24(23-4-2-3-5-25(23)29)20-10-6-18(7-11-20)19-8-12-21(13-9-19)28(33)34/h2-15,17,24,26H,16H2,1H3,(H,33,34). The van der Waals surface area contributed by atoms with E-state index >= 15 is 0 Å². The number of aromatic nitrogens is 1. The molecule has 0 radical (unpaired) electrons. The predicted molar refractivity (Wildman–Crippen MR) is 132 cm³/mol. The maximum absolute atomic E-state index is 14.8. The summed E-state index contributed by atoms with van der Waals surface area (Å²) in [6.07, 6.45) is 1.80. The highest BCUT2D eigenvalue weighted by molar-refractivity contribution is 5.88. The van der Waals surface area contributed by atoms with E-state index in [1.165, 1.54) is 16.7 Å². The van der Waals surface area contributed by atoms with Crippen LogP contribution in [-0.4, -0.2) is 15.6 Å². The quantitative estimate of drug-likeness (QED) is 0.324. The van der Waals surface area contributed by atoms with E-state index in [4.69, 9.17) is 5.11 Å². The number of pyridine rings is 1. The number of nitroso groups, excluding NO2 is 1. The molecule has 0 saturated heterocycles. The molecule has 0 amide bonds. The Morgan fingerprint density at radius 2 is 1.51 bits per heavy atom. The van der Waals surface area contributed by atoms with Crippen LogP contribution in [0.2, 0.25) is 0 Å². The van der Waals surface area contributed by atoms with Gasteiger partial charge in [-0.15, -0.1) is 0 Å². The highest BCUT2D eigenvalue weighted by Gasteiger charge is 2.24. The third-order valence-corrected chi connectivity index (χ3v) is 6.14. The summed E-state index contributed by atoms with van der Waals surface area (Å²) in [4.78, 5) is 34.7. The van der Waals surface area contributed by atoms with Crippen molar-refractivity contribution >= 4 is 5.97 Å². The van der Waals surface area contributed by atoms with Crippen molar-refractivity contribution in [1.82, 2.24) is 4.57 Å². The average molecular weight is 471 g/mol. The zero-order chi connectivity index (χ0) is 24.9. The maximum Gasteiger partial charge on any atom is 0.335 e. The molecule has 35 heavy (non-hydrogen) atoms. The van der Waals surface area contributed by atoms with Crippen LogP contribution in [0.25, 0.3) is 11.1 Å². The molecule has 0 aliphatic heterocycles. The molecule has 1 aromatic heterocycles. The normalized spacial score (nSPS) is 12.6. The number of aryl methyl sites for hydroxylation is 1. The molecule has 0 bridgehead atoms. The molecule has 2 atom stereocenters. The summed E-state index contributed by atoms with van der Waals surface area (Å²) in [5, 5.41) is 12.4. The third kappa shape index (κ3) is 5.24. The Morgan fingerprint density at radius 1 is 0.914 bits per heavy atom.